The van der Waals surface area contributed by atoms with E-state index >= 15 is 4.79 Å². The second kappa shape index (κ2) is 75.5. The van der Waals surface area contributed by atoms with Crippen LogP contribution >= 0.6 is 0 Å². The molecule has 652 valence electrons. The van der Waals surface area contributed by atoms with Crippen molar-refractivity contribution in [1.82, 2.24) is 10.2 Å². The molecule has 2 amide bonds. The van der Waals surface area contributed by atoms with E-state index in [1.165, 1.54) is 257 Å². The largest absolute Gasteiger partial charge is 0.462 e. The van der Waals surface area contributed by atoms with E-state index in [1.54, 1.807) is 0 Å². The SMILES string of the molecule is CCCCCCCCCCCCCC(=O)O[C@H](CCCCCCCCCCC)CC(=O)NC1[C@@H](OC(=O)C[C@@H](CCCCCCCCCCC)OC(=O)CCCCCCCCCCCCC)[C@H](C)C(CO)C[C@H]1OC[C@@H]1CCCN1C(=O)C[C@@H](CCCCCCCCCCC)OC(=O)CCCCCCCCCCCCC. The van der Waals surface area contributed by atoms with Crippen LogP contribution in [0.5, 0.6) is 0 Å². The molecule has 0 aromatic heterocycles. The van der Waals surface area contributed by atoms with Crippen LogP contribution in [0.25, 0.3) is 0 Å². The van der Waals surface area contributed by atoms with Gasteiger partial charge < -0.3 is 39.0 Å². The summed E-state index contributed by atoms with van der Waals surface area (Å²) in [6.07, 6.45) is 71.2. The van der Waals surface area contributed by atoms with Crippen molar-refractivity contribution >= 4 is 35.7 Å². The second-order valence-corrected chi connectivity index (χ2v) is 35.0. The van der Waals surface area contributed by atoms with Gasteiger partial charge in [0.15, 0.2) is 0 Å². The van der Waals surface area contributed by atoms with Crippen molar-refractivity contribution in [2.75, 3.05) is 19.8 Å². The van der Waals surface area contributed by atoms with Gasteiger partial charge >= 0.3 is 23.9 Å². The van der Waals surface area contributed by atoms with E-state index in [0.29, 0.717) is 57.9 Å². The third kappa shape index (κ3) is 58.3. The molecule has 1 aliphatic heterocycles. The smallest absolute Gasteiger partial charge is 0.309 e. The van der Waals surface area contributed by atoms with E-state index in [0.717, 1.165) is 135 Å². The zero-order valence-electron chi connectivity index (χ0n) is 74.1. The maximum atomic E-state index is 15.1. The zero-order chi connectivity index (χ0) is 80.5. The van der Waals surface area contributed by atoms with Crippen LogP contribution in [0.4, 0.5) is 0 Å². The number of carbonyl (C=O) groups excluding carboxylic acids is 6. The second-order valence-electron chi connectivity index (χ2n) is 35.0. The maximum Gasteiger partial charge on any atom is 0.309 e. The number of amides is 2. The quantitative estimate of drug-likeness (QED) is 0.0334. The molecule has 2 rings (SSSR count). The number of aliphatic hydroxyl groups excluding tert-OH is 1. The first kappa shape index (κ1) is 104. The number of aliphatic hydroxyl groups is 1. The van der Waals surface area contributed by atoms with Gasteiger partial charge in [-0.25, -0.2) is 0 Å². The summed E-state index contributed by atoms with van der Waals surface area (Å²) < 4.78 is 32.6. The van der Waals surface area contributed by atoms with E-state index in [1.807, 2.05) is 11.8 Å². The van der Waals surface area contributed by atoms with Crippen LogP contribution in [0.1, 0.15) is 511 Å². The van der Waals surface area contributed by atoms with E-state index in [4.69, 9.17) is 23.7 Å². The van der Waals surface area contributed by atoms with Gasteiger partial charge in [0.2, 0.25) is 11.8 Å². The molecule has 0 radical (unpaired) electrons. The summed E-state index contributed by atoms with van der Waals surface area (Å²) in [6.45, 7) is 16.0. The van der Waals surface area contributed by atoms with Crippen LogP contribution in [0.3, 0.4) is 0 Å². The third-order valence-corrected chi connectivity index (χ3v) is 24.5. The highest BCUT2D eigenvalue weighted by molar-refractivity contribution is 5.79. The van der Waals surface area contributed by atoms with Crippen LogP contribution in [0.15, 0.2) is 0 Å². The Morgan fingerprint density at radius 2 is 0.658 bits per heavy atom. The Bertz CT molecular complexity index is 2160. The summed E-state index contributed by atoms with van der Waals surface area (Å²) in [5.74, 6) is -2.46. The molecule has 0 aromatic rings. The molecule has 14 heteroatoms. The molecule has 2 unspecified atom stereocenters. The molecule has 2 fully saturated rings. The van der Waals surface area contributed by atoms with Crippen LogP contribution in [0, 0.1) is 11.8 Å². The number of nitrogens with zero attached hydrogens (tertiary/aromatic N) is 1. The molecule has 0 spiro atoms. The first-order chi connectivity index (χ1) is 54.3. The van der Waals surface area contributed by atoms with Crippen LogP contribution in [-0.2, 0) is 52.5 Å². The molecule has 0 aromatic carbocycles. The fourth-order valence-corrected chi connectivity index (χ4v) is 17.1. The van der Waals surface area contributed by atoms with Crippen molar-refractivity contribution in [3.8, 4) is 0 Å². The Balaban J connectivity index is 2.48. The molecular weight excluding hydrogens is 1390 g/mol. The lowest BCUT2D eigenvalue weighted by molar-refractivity contribution is -0.173. The molecule has 2 aliphatic rings. The fraction of sp³-hybridized carbons (Fsp3) is 0.938. The van der Waals surface area contributed by atoms with Gasteiger partial charge in [-0.15, -0.1) is 0 Å². The normalized spacial score (nSPS) is 17.9. The van der Waals surface area contributed by atoms with Crippen LogP contribution < -0.4 is 5.32 Å². The number of carbonyl (C=O) groups is 6. The number of rotatable bonds is 81. The number of likely N-dealkylation sites (tertiary alicyclic amines) is 1. The minimum atomic E-state index is -0.931. The molecule has 14 nitrogen and oxygen atoms in total. The highest BCUT2D eigenvalue weighted by Crippen LogP contribution is 2.36. The van der Waals surface area contributed by atoms with Crippen molar-refractivity contribution in [3.05, 3.63) is 0 Å². The molecule has 1 saturated heterocycles. The number of ether oxygens (including phenoxy) is 5. The highest BCUT2D eigenvalue weighted by atomic mass is 16.6. The van der Waals surface area contributed by atoms with Gasteiger partial charge in [0.1, 0.15) is 24.4 Å². The van der Waals surface area contributed by atoms with E-state index < -0.39 is 48.4 Å². The molecule has 0 bridgehead atoms. The van der Waals surface area contributed by atoms with Gasteiger partial charge in [-0.1, -0.05) is 395 Å². The van der Waals surface area contributed by atoms with Gasteiger partial charge in [0, 0.05) is 38.3 Å². The third-order valence-electron chi connectivity index (χ3n) is 24.5. The molecule has 9 atom stereocenters. The average Bonchev–Trinajstić information content (AvgIpc) is 0.971. The minimum absolute atomic E-state index is 0.0563. The van der Waals surface area contributed by atoms with E-state index in [2.05, 4.69) is 46.9 Å². The molecular formula is C97H182N2O12. The Kier molecular flexibility index (Phi) is 70.6. The summed E-state index contributed by atoms with van der Waals surface area (Å²) in [6, 6.07) is -1.14. The van der Waals surface area contributed by atoms with Gasteiger partial charge in [-0.3, -0.25) is 28.8 Å². The summed E-state index contributed by atoms with van der Waals surface area (Å²) in [5, 5.41) is 14.6. The van der Waals surface area contributed by atoms with E-state index in [9.17, 15) is 29.1 Å². The molecule has 1 heterocycles. The van der Waals surface area contributed by atoms with Crippen LogP contribution in [-0.4, -0.2) is 108 Å². The number of esters is 4. The van der Waals surface area contributed by atoms with Crippen molar-refractivity contribution in [2.45, 2.75) is 553 Å². The number of hydrogen-bond acceptors (Lipinski definition) is 12. The average molecular weight is 1570 g/mol. The summed E-state index contributed by atoms with van der Waals surface area (Å²) in [5.41, 5.74) is 0. The van der Waals surface area contributed by atoms with Gasteiger partial charge in [-0.2, -0.15) is 0 Å². The maximum absolute atomic E-state index is 15.1. The first-order valence-electron chi connectivity index (χ1n) is 48.9. The highest BCUT2D eigenvalue weighted by Gasteiger charge is 2.47. The zero-order valence-corrected chi connectivity index (χ0v) is 74.1. The number of nitrogens with one attached hydrogen (secondary N) is 1. The van der Waals surface area contributed by atoms with Gasteiger partial charge in [0.25, 0.3) is 0 Å². The Hall–Kier alpha value is -3.26. The Morgan fingerprint density at radius 1 is 0.369 bits per heavy atom. The van der Waals surface area contributed by atoms with Crippen LogP contribution in [0.2, 0.25) is 0 Å². The van der Waals surface area contributed by atoms with Gasteiger partial charge in [0.05, 0.1) is 44.1 Å². The molecule has 1 saturated carbocycles. The summed E-state index contributed by atoms with van der Waals surface area (Å²) >= 11 is 0. The predicted octanol–water partition coefficient (Wildman–Crippen LogP) is 27.2. The standard InChI is InChI=1S/C97H182N2O12/c1-8-14-20-26-32-38-41-47-53-59-65-73-92(103)108-86(70-62-56-50-44-35-29-23-17-11-4)78-90(101)98-96-89(107-82-85-69-68-76-99(85)91(102)79-87(71-63-57-51-45-36-30-24-18-12-5)109-93(104)74-66-60-54-48-42-39-33-27-21-15-9-2)77-84(81-100)83(7)97(96)111-95(106)80-88(72-64-58-52-46-37-31-25-19-13-6)110-94(105)75-67-61-55-49-43-40-34-28-22-16-10-3/h83-89,96-97,100H,8-82H2,1-7H3,(H,98,101)/t83-,84?,85+,86-,87-,88-,89-,96?,97+/m1/s1. The Morgan fingerprint density at radius 3 is 0.973 bits per heavy atom. The summed E-state index contributed by atoms with van der Waals surface area (Å²) in [4.78, 5) is 87.8. The number of unbranched alkanes of at least 4 members (excludes halogenated alkanes) is 54. The summed E-state index contributed by atoms with van der Waals surface area (Å²) in [7, 11) is 0. The first-order valence-corrected chi connectivity index (χ1v) is 48.9. The molecule has 2 N–H and O–H groups in total. The fourth-order valence-electron chi connectivity index (χ4n) is 17.1. The van der Waals surface area contributed by atoms with Crippen molar-refractivity contribution in [2.24, 2.45) is 11.8 Å². The van der Waals surface area contributed by atoms with Gasteiger partial charge in [-0.05, 0) is 83.0 Å². The monoisotopic (exact) mass is 1570 g/mol. The van der Waals surface area contributed by atoms with Crippen molar-refractivity contribution in [1.29, 1.82) is 0 Å². The minimum Gasteiger partial charge on any atom is -0.462 e. The van der Waals surface area contributed by atoms with Crippen molar-refractivity contribution in [3.63, 3.8) is 0 Å². The lowest BCUT2D eigenvalue weighted by atomic mass is 9.74. The number of hydrogen-bond donors (Lipinski definition) is 2. The predicted molar refractivity (Wildman–Crippen MR) is 463 cm³/mol. The molecule has 111 heavy (non-hydrogen) atoms. The van der Waals surface area contributed by atoms with Crippen molar-refractivity contribution < 1.29 is 57.6 Å². The lowest BCUT2D eigenvalue weighted by Crippen LogP contribution is -2.61. The molecule has 1 aliphatic carbocycles. The topological polar surface area (TPSA) is 184 Å². The van der Waals surface area contributed by atoms with E-state index in [-0.39, 0.29) is 74.2 Å². The lowest BCUT2D eigenvalue weighted by Gasteiger charge is -2.45. The Labute approximate surface area is 684 Å².